The molecule has 0 unspecified atom stereocenters. The Bertz CT molecular complexity index is 2650. The molecule has 4 N–H and O–H groups in total. The van der Waals surface area contributed by atoms with Gasteiger partial charge in [0.25, 0.3) is 5.91 Å². The van der Waals surface area contributed by atoms with Gasteiger partial charge in [-0.3, -0.25) is 39.3 Å². The minimum absolute atomic E-state index is 0.00791. The van der Waals surface area contributed by atoms with Crippen LogP contribution in [0.3, 0.4) is 0 Å². The average molecular weight is 943 g/mol. The number of hydrogen-bond donors (Lipinski definition) is 4. The van der Waals surface area contributed by atoms with Crippen molar-refractivity contribution in [1.82, 2.24) is 40.4 Å². The molecule has 2 aromatic heterocycles. The fourth-order valence-corrected chi connectivity index (χ4v) is 11.3. The van der Waals surface area contributed by atoms with Crippen molar-refractivity contribution in [3.05, 3.63) is 71.5 Å². The van der Waals surface area contributed by atoms with Crippen LogP contribution in [0.15, 0.2) is 54.7 Å². The molecule has 6 atom stereocenters. The molecular weight excluding hydrogens is 873 g/mol. The molecule has 0 radical (unpaired) electrons. The van der Waals surface area contributed by atoms with Crippen molar-refractivity contribution in [1.29, 1.82) is 0 Å². The Labute approximate surface area is 405 Å². The number of likely N-dealkylation sites (tertiary alicyclic amines) is 1. The highest BCUT2D eigenvalue weighted by molar-refractivity contribution is 5.96. The van der Waals surface area contributed by atoms with E-state index in [1.54, 1.807) is 24.1 Å². The van der Waals surface area contributed by atoms with Gasteiger partial charge in [-0.1, -0.05) is 53.7 Å². The number of likely N-dealkylation sites (N-methyl/N-ethyl adjacent to an activating group) is 1. The summed E-state index contributed by atoms with van der Waals surface area (Å²) >= 11 is 0. The maximum absolute atomic E-state index is 14.8. The van der Waals surface area contributed by atoms with Crippen LogP contribution in [-0.2, 0) is 48.1 Å². The molecule has 4 aliphatic heterocycles. The third-order valence-corrected chi connectivity index (χ3v) is 15.0. The molecule has 2 aromatic carbocycles. The molecule has 4 fully saturated rings. The number of amides is 4. The highest BCUT2D eigenvalue weighted by atomic mass is 16.5. The molecule has 4 amide bonds. The number of nitrogens with zero attached hydrogens (tertiary/aromatic N) is 5. The maximum Gasteiger partial charge on any atom is 0.324 e. The number of hydrogen-bond acceptors (Lipinski definition) is 10. The smallest absolute Gasteiger partial charge is 0.324 e. The van der Waals surface area contributed by atoms with E-state index >= 15 is 0 Å². The predicted molar refractivity (Wildman–Crippen MR) is 264 cm³/mol. The van der Waals surface area contributed by atoms with Gasteiger partial charge in [-0.25, -0.2) is 5.43 Å². The van der Waals surface area contributed by atoms with E-state index in [1.165, 1.54) is 9.91 Å². The number of ether oxygens (including phenoxy) is 1. The standard InChI is InChI=1S/C54H70N8O7/c1-9-61-43-17-16-34-26-39(43)40(48(61)38-12-10-19-55-44(38)30(2)3)27-54(6,7)29-69-53(68)41-13-11-20-62(58-41)51(66)42(24-32-22-36(34)25-37(63)23-32)56-49(64)47(31(4)5)59(8)50(65)35-18-21-60(28-35)52(67)46-45(57-46)33-14-15-33/h10,12,16-17,19,22-23,25-26,30-31,33,35,41-42,45-47,57-58,63H,9,11,13-15,18,20-21,24,27-29H2,1-8H3,(H,56,64)/t35-,41-,42-,45+,46+,47-/m0/s1. The monoisotopic (exact) mass is 943 g/mol. The summed E-state index contributed by atoms with van der Waals surface area (Å²) in [6.45, 7) is 16.3. The van der Waals surface area contributed by atoms with Crippen LogP contribution in [0.2, 0.25) is 0 Å². The van der Waals surface area contributed by atoms with Gasteiger partial charge in [0.15, 0.2) is 0 Å². The predicted octanol–water partition coefficient (Wildman–Crippen LogP) is 5.95. The van der Waals surface area contributed by atoms with Crippen LogP contribution in [-0.4, -0.2) is 123 Å². The molecule has 15 nitrogen and oxygen atoms in total. The number of aromatic nitrogens is 2. The molecule has 4 aromatic rings. The van der Waals surface area contributed by atoms with E-state index in [0.29, 0.717) is 63.3 Å². The molecule has 5 aliphatic rings. The number of rotatable bonds is 10. The summed E-state index contributed by atoms with van der Waals surface area (Å²) in [5.74, 6) is -1.63. The minimum atomic E-state index is -1.15. The lowest BCUT2D eigenvalue weighted by Gasteiger charge is -2.37. The molecule has 368 valence electrons. The lowest BCUT2D eigenvalue weighted by molar-refractivity contribution is -0.155. The van der Waals surface area contributed by atoms with Gasteiger partial charge in [0.2, 0.25) is 17.7 Å². The van der Waals surface area contributed by atoms with Gasteiger partial charge in [-0.15, -0.1) is 0 Å². The number of aryl methyl sites for hydroxylation is 1. The van der Waals surface area contributed by atoms with E-state index in [9.17, 15) is 29.1 Å². The topological polar surface area (TPSA) is 188 Å². The Morgan fingerprint density at radius 3 is 2.51 bits per heavy atom. The highest BCUT2D eigenvalue weighted by Crippen LogP contribution is 2.43. The zero-order chi connectivity index (χ0) is 49.1. The van der Waals surface area contributed by atoms with Crippen LogP contribution in [0, 0.1) is 23.2 Å². The van der Waals surface area contributed by atoms with E-state index in [4.69, 9.17) is 9.72 Å². The van der Waals surface area contributed by atoms with Crippen LogP contribution in [0.25, 0.3) is 33.3 Å². The van der Waals surface area contributed by atoms with Gasteiger partial charge in [-0.2, -0.15) is 0 Å². The number of carbonyl (C=O) groups excluding carboxylic acids is 5. The first-order valence-electron chi connectivity index (χ1n) is 25.2. The molecule has 69 heavy (non-hydrogen) atoms. The van der Waals surface area contributed by atoms with E-state index in [1.807, 2.05) is 38.2 Å². The fourth-order valence-electron chi connectivity index (χ4n) is 11.3. The summed E-state index contributed by atoms with van der Waals surface area (Å²) < 4.78 is 8.47. The second-order valence-electron chi connectivity index (χ2n) is 21.7. The van der Waals surface area contributed by atoms with Crippen molar-refractivity contribution in [3.8, 4) is 28.1 Å². The van der Waals surface area contributed by atoms with Crippen LogP contribution in [0.4, 0.5) is 0 Å². The number of carbonyl (C=O) groups is 5. The first kappa shape index (κ1) is 48.2. The van der Waals surface area contributed by atoms with Crippen molar-refractivity contribution >= 4 is 40.5 Å². The zero-order valence-corrected chi connectivity index (χ0v) is 41.5. The van der Waals surface area contributed by atoms with Gasteiger partial charge in [0.05, 0.1) is 23.9 Å². The summed E-state index contributed by atoms with van der Waals surface area (Å²) in [6, 6.07) is 12.9. The molecule has 6 bridgehead atoms. The third-order valence-electron chi connectivity index (χ3n) is 15.0. The number of fused-ring (bicyclic) bond motifs is 6. The fraction of sp³-hybridized carbons (Fsp3) is 0.556. The molecule has 9 rings (SSSR count). The van der Waals surface area contributed by atoms with E-state index in [2.05, 4.69) is 73.4 Å². The number of phenols is 1. The third kappa shape index (κ3) is 9.86. The quantitative estimate of drug-likeness (QED) is 0.109. The van der Waals surface area contributed by atoms with Gasteiger partial charge in [-0.05, 0) is 122 Å². The molecule has 0 spiro atoms. The number of hydrazine groups is 1. The van der Waals surface area contributed by atoms with E-state index in [0.717, 1.165) is 57.4 Å². The van der Waals surface area contributed by atoms with Gasteiger partial charge in [0.1, 0.15) is 29.9 Å². The highest BCUT2D eigenvalue weighted by Gasteiger charge is 2.53. The molecule has 6 heterocycles. The number of cyclic esters (lactones) is 1. The average Bonchev–Trinajstić information content (AvgIpc) is 4.25. The second-order valence-corrected chi connectivity index (χ2v) is 21.7. The van der Waals surface area contributed by atoms with E-state index < -0.39 is 47.2 Å². The molecule has 15 heteroatoms. The zero-order valence-electron chi connectivity index (χ0n) is 41.5. The Morgan fingerprint density at radius 1 is 1.00 bits per heavy atom. The second kappa shape index (κ2) is 19.2. The van der Waals surface area contributed by atoms with Crippen molar-refractivity contribution < 1.29 is 33.8 Å². The van der Waals surface area contributed by atoms with Crippen LogP contribution in [0.5, 0.6) is 5.75 Å². The van der Waals surface area contributed by atoms with E-state index in [-0.39, 0.29) is 54.5 Å². The Hall–Kier alpha value is -5.80. The summed E-state index contributed by atoms with van der Waals surface area (Å²) in [5.41, 5.74) is 10.1. The summed E-state index contributed by atoms with van der Waals surface area (Å²) in [7, 11) is 1.62. The summed E-state index contributed by atoms with van der Waals surface area (Å²) in [4.78, 5) is 79.0. The number of pyridine rings is 1. The van der Waals surface area contributed by atoms with Gasteiger partial charge < -0.3 is 29.5 Å². The normalized spacial score (nSPS) is 24.3. The lowest BCUT2D eigenvalue weighted by atomic mass is 9.83. The maximum atomic E-state index is 14.8. The van der Waals surface area contributed by atoms with Crippen molar-refractivity contribution in [2.75, 3.05) is 33.3 Å². The number of esters is 1. The largest absolute Gasteiger partial charge is 0.508 e. The first-order valence-corrected chi connectivity index (χ1v) is 25.2. The number of nitrogens with one attached hydrogen (secondary N) is 3. The number of phenolic OH excluding ortho intramolecular Hbond substituents is 1. The first-order chi connectivity index (χ1) is 32.9. The lowest BCUT2D eigenvalue weighted by Crippen LogP contribution is -2.62. The van der Waals surface area contributed by atoms with Gasteiger partial charge in [0, 0.05) is 73.8 Å². The Balaban J connectivity index is 1.05. The van der Waals surface area contributed by atoms with Crippen LogP contribution >= 0.6 is 0 Å². The van der Waals surface area contributed by atoms with Crippen molar-refractivity contribution in [2.24, 2.45) is 23.2 Å². The molecule has 1 aliphatic carbocycles. The van der Waals surface area contributed by atoms with Crippen molar-refractivity contribution in [3.63, 3.8) is 0 Å². The summed E-state index contributed by atoms with van der Waals surface area (Å²) in [6.07, 6.45) is 6.21. The Morgan fingerprint density at radius 2 is 1.78 bits per heavy atom. The summed E-state index contributed by atoms with van der Waals surface area (Å²) in [5, 5.41) is 20.2. The Kier molecular flexibility index (Phi) is 13.4. The van der Waals surface area contributed by atoms with Crippen LogP contribution in [0.1, 0.15) is 103 Å². The number of aromatic hydroxyl groups is 1. The molecule has 1 saturated carbocycles. The van der Waals surface area contributed by atoms with Gasteiger partial charge >= 0.3 is 5.97 Å². The van der Waals surface area contributed by atoms with Crippen molar-refractivity contribution in [2.45, 2.75) is 136 Å². The molecule has 3 saturated heterocycles. The SMILES string of the molecule is CCn1c(-c2cccnc2C(C)C)c2c3cc(ccc31)-c1cc(O)cc(c1)C[C@H](NC(=O)[C@H](C(C)C)N(C)C(=O)[C@H]1CCN(C(=O)[C@@H]3N[C@@H]3C3CC3)C1)C(=O)N1CCC[C@H](N1)C(=O)OCC(C)(C)C2. The minimum Gasteiger partial charge on any atom is -0.508 e. The van der Waals surface area contributed by atoms with Crippen LogP contribution < -0.4 is 16.1 Å². The number of benzene rings is 2. The molecular formula is C54H70N8O7.